The average molecular weight is 442 g/mol. The molecule has 2 aromatic carbocycles. The Hall–Kier alpha value is -4.52. The van der Waals surface area contributed by atoms with Crippen molar-refractivity contribution >= 4 is 17.7 Å². The highest BCUT2D eigenvalue weighted by molar-refractivity contribution is 6.05. The SMILES string of the molecule is N#Cc1ccc(Oc2cn(Cc3ccc4c(c3)CN(C3CCC(=O)NC3=O)C4=O)nn2)cc1. The molecule has 3 heterocycles. The molecule has 0 bridgehead atoms. The molecule has 1 saturated heterocycles. The van der Waals surface area contributed by atoms with Crippen molar-refractivity contribution in [3.05, 3.63) is 70.9 Å². The van der Waals surface area contributed by atoms with Gasteiger partial charge in [-0.05, 0) is 47.9 Å². The summed E-state index contributed by atoms with van der Waals surface area (Å²) in [5.74, 6) is -0.0706. The summed E-state index contributed by atoms with van der Waals surface area (Å²) >= 11 is 0. The van der Waals surface area contributed by atoms with Gasteiger partial charge in [0.25, 0.3) is 11.8 Å². The van der Waals surface area contributed by atoms with Crippen LogP contribution in [0.3, 0.4) is 0 Å². The fourth-order valence-corrected chi connectivity index (χ4v) is 4.04. The molecule has 0 aliphatic carbocycles. The summed E-state index contributed by atoms with van der Waals surface area (Å²) in [5.41, 5.74) is 2.85. The smallest absolute Gasteiger partial charge is 0.258 e. The molecule has 10 nitrogen and oxygen atoms in total. The minimum Gasteiger partial charge on any atom is -0.436 e. The van der Waals surface area contributed by atoms with Crippen molar-refractivity contribution < 1.29 is 19.1 Å². The van der Waals surface area contributed by atoms with Crippen molar-refractivity contribution in [3.8, 4) is 17.7 Å². The van der Waals surface area contributed by atoms with Gasteiger partial charge in [-0.2, -0.15) is 5.26 Å². The molecule has 2 aliphatic rings. The number of ether oxygens (including phenoxy) is 1. The number of imide groups is 1. The van der Waals surface area contributed by atoms with Crippen LogP contribution in [-0.2, 0) is 22.7 Å². The lowest BCUT2D eigenvalue weighted by Crippen LogP contribution is -2.52. The van der Waals surface area contributed by atoms with E-state index >= 15 is 0 Å². The van der Waals surface area contributed by atoms with Crippen LogP contribution in [-0.4, -0.2) is 43.7 Å². The van der Waals surface area contributed by atoms with Crippen LogP contribution in [0.25, 0.3) is 0 Å². The summed E-state index contributed by atoms with van der Waals surface area (Å²) < 4.78 is 7.29. The Kier molecular flexibility index (Phi) is 5.06. The molecular weight excluding hydrogens is 424 g/mol. The lowest BCUT2D eigenvalue weighted by atomic mass is 10.0. The van der Waals surface area contributed by atoms with E-state index in [9.17, 15) is 14.4 Å². The van der Waals surface area contributed by atoms with Gasteiger partial charge in [-0.25, -0.2) is 4.68 Å². The Morgan fingerprint density at radius 3 is 2.73 bits per heavy atom. The van der Waals surface area contributed by atoms with E-state index in [0.29, 0.717) is 42.3 Å². The van der Waals surface area contributed by atoms with Gasteiger partial charge in [0.1, 0.15) is 11.8 Å². The lowest BCUT2D eigenvalue weighted by molar-refractivity contribution is -0.136. The number of carbonyl (C=O) groups excluding carboxylic acids is 3. The first-order valence-corrected chi connectivity index (χ1v) is 10.3. The molecule has 2 aliphatic heterocycles. The summed E-state index contributed by atoms with van der Waals surface area (Å²) in [6.45, 7) is 0.738. The molecule has 10 heteroatoms. The molecule has 0 radical (unpaired) electrons. The van der Waals surface area contributed by atoms with E-state index in [1.165, 1.54) is 4.90 Å². The molecule has 1 unspecified atom stereocenters. The Morgan fingerprint density at radius 2 is 1.97 bits per heavy atom. The Morgan fingerprint density at radius 1 is 1.15 bits per heavy atom. The molecule has 3 aromatic rings. The van der Waals surface area contributed by atoms with Crippen LogP contribution in [0.1, 0.15) is 39.9 Å². The predicted molar refractivity (Wildman–Crippen MR) is 113 cm³/mol. The maximum absolute atomic E-state index is 12.8. The van der Waals surface area contributed by atoms with E-state index in [4.69, 9.17) is 10.00 Å². The van der Waals surface area contributed by atoms with Gasteiger partial charge < -0.3 is 9.64 Å². The van der Waals surface area contributed by atoms with Crippen LogP contribution < -0.4 is 10.1 Å². The predicted octanol–water partition coefficient (Wildman–Crippen LogP) is 1.75. The number of aromatic nitrogens is 3. The van der Waals surface area contributed by atoms with Crippen molar-refractivity contribution in [2.75, 3.05) is 0 Å². The first-order valence-electron chi connectivity index (χ1n) is 10.3. The zero-order valence-electron chi connectivity index (χ0n) is 17.4. The Balaban J connectivity index is 1.27. The molecule has 1 aromatic heterocycles. The number of amides is 3. The number of hydrogen-bond donors (Lipinski definition) is 1. The number of fused-ring (bicyclic) bond motifs is 1. The minimum absolute atomic E-state index is 0.204. The highest BCUT2D eigenvalue weighted by Gasteiger charge is 2.39. The largest absolute Gasteiger partial charge is 0.436 e. The fraction of sp³-hybridized carbons (Fsp3) is 0.217. The van der Waals surface area contributed by atoms with Crippen LogP contribution in [0.2, 0.25) is 0 Å². The monoisotopic (exact) mass is 442 g/mol. The van der Waals surface area contributed by atoms with Gasteiger partial charge in [0, 0.05) is 18.5 Å². The third kappa shape index (κ3) is 4.04. The third-order valence-corrected chi connectivity index (χ3v) is 5.66. The molecule has 164 valence electrons. The third-order valence-electron chi connectivity index (χ3n) is 5.66. The number of rotatable bonds is 5. The maximum atomic E-state index is 12.8. The molecular formula is C23H18N6O4. The van der Waals surface area contributed by atoms with Crippen molar-refractivity contribution in [2.24, 2.45) is 0 Å². The normalized spacial score (nSPS) is 17.5. The van der Waals surface area contributed by atoms with Crippen LogP contribution in [0.5, 0.6) is 11.6 Å². The van der Waals surface area contributed by atoms with E-state index in [1.54, 1.807) is 41.2 Å². The fourth-order valence-electron chi connectivity index (χ4n) is 4.04. The van der Waals surface area contributed by atoms with Crippen molar-refractivity contribution in [3.63, 3.8) is 0 Å². The van der Waals surface area contributed by atoms with Gasteiger partial charge in [-0.15, -0.1) is 0 Å². The van der Waals surface area contributed by atoms with E-state index in [1.807, 2.05) is 12.1 Å². The van der Waals surface area contributed by atoms with Gasteiger partial charge >= 0.3 is 0 Å². The standard InChI is InChI=1S/C23H18N6O4/c24-10-14-1-4-17(5-2-14)33-21-13-28(27-26-21)11-15-3-6-18-16(9-15)12-29(23(18)32)19-7-8-20(30)25-22(19)31/h1-6,9,13,19H,7-8,11-12H2,(H,25,30,31). The molecule has 1 N–H and O–H groups in total. The second kappa shape index (κ2) is 8.20. The van der Waals surface area contributed by atoms with Crippen LogP contribution in [0.4, 0.5) is 0 Å². The average Bonchev–Trinajstić information content (AvgIpc) is 3.38. The maximum Gasteiger partial charge on any atom is 0.258 e. The summed E-state index contributed by atoms with van der Waals surface area (Å²) in [5, 5.41) is 19.3. The zero-order valence-corrected chi connectivity index (χ0v) is 17.4. The first kappa shape index (κ1) is 20.4. The van der Waals surface area contributed by atoms with Gasteiger partial charge in [0.15, 0.2) is 0 Å². The zero-order chi connectivity index (χ0) is 22.9. The number of carbonyl (C=O) groups is 3. The number of nitrogens with zero attached hydrogens (tertiary/aromatic N) is 5. The Labute approximate surface area is 188 Å². The number of benzene rings is 2. The van der Waals surface area contributed by atoms with Crippen molar-refractivity contribution in [2.45, 2.75) is 32.0 Å². The molecule has 1 atom stereocenters. The Bertz CT molecular complexity index is 1310. The number of hydrogen-bond acceptors (Lipinski definition) is 7. The van der Waals surface area contributed by atoms with Crippen LogP contribution in [0, 0.1) is 11.3 Å². The number of nitrogens with one attached hydrogen (secondary N) is 1. The van der Waals surface area contributed by atoms with E-state index in [2.05, 4.69) is 21.7 Å². The van der Waals surface area contributed by atoms with Gasteiger partial charge in [0.2, 0.25) is 11.8 Å². The van der Waals surface area contributed by atoms with Gasteiger partial charge in [-0.1, -0.05) is 22.4 Å². The van der Waals surface area contributed by atoms with Crippen LogP contribution in [0.15, 0.2) is 48.7 Å². The quantitative estimate of drug-likeness (QED) is 0.596. The summed E-state index contributed by atoms with van der Waals surface area (Å²) in [6.07, 6.45) is 2.21. The lowest BCUT2D eigenvalue weighted by Gasteiger charge is -2.29. The van der Waals surface area contributed by atoms with Crippen molar-refractivity contribution in [1.82, 2.24) is 25.2 Å². The molecule has 0 spiro atoms. The first-order chi connectivity index (χ1) is 16.0. The topological polar surface area (TPSA) is 130 Å². The molecule has 3 amide bonds. The van der Waals surface area contributed by atoms with Gasteiger partial charge in [-0.3, -0.25) is 19.7 Å². The summed E-state index contributed by atoms with van der Waals surface area (Å²) in [4.78, 5) is 37.9. The van der Waals surface area contributed by atoms with Crippen LogP contribution >= 0.6 is 0 Å². The molecule has 33 heavy (non-hydrogen) atoms. The second-order valence-electron chi connectivity index (χ2n) is 7.88. The molecule has 1 fully saturated rings. The highest BCUT2D eigenvalue weighted by Crippen LogP contribution is 2.28. The number of nitriles is 1. The second-order valence-corrected chi connectivity index (χ2v) is 7.88. The van der Waals surface area contributed by atoms with E-state index < -0.39 is 11.9 Å². The van der Waals surface area contributed by atoms with E-state index in [-0.39, 0.29) is 18.2 Å². The summed E-state index contributed by atoms with van der Waals surface area (Å²) in [7, 11) is 0. The van der Waals surface area contributed by atoms with E-state index in [0.717, 1.165) is 11.1 Å². The summed E-state index contributed by atoms with van der Waals surface area (Å²) in [6, 6.07) is 13.6. The van der Waals surface area contributed by atoms with Gasteiger partial charge in [0.05, 0.1) is 24.4 Å². The minimum atomic E-state index is -0.636. The van der Waals surface area contributed by atoms with Crippen molar-refractivity contribution in [1.29, 1.82) is 5.26 Å². The highest BCUT2D eigenvalue weighted by atomic mass is 16.5. The molecule has 5 rings (SSSR count). The number of piperidine rings is 1. The molecule has 0 saturated carbocycles.